The van der Waals surface area contributed by atoms with E-state index in [-0.39, 0.29) is 17.9 Å². The third-order valence-corrected chi connectivity index (χ3v) is 6.06. The van der Waals surface area contributed by atoms with Gasteiger partial charge in [0.25, 0.3) is 5.91 Å². The smallest absolute Gasteiger partial charge is 0.349 e. The van der Waals surface area contributed by atoms with Crippen LogP contribution in [-0.4, -0.2) is 11.9 Å². The summed E-state index contributed by atoms with van der Waals surface area (Å²) >= 11 is 2.10. The average Bonchev–Trinajstić information content (AvgIpc) is 2.86. The van der Waals surface area contributed by atoms with Crippen LogP contribution in [0.3, 0.4) is 0 Å². The van der Waals surface area contributed by atoms with Crippen molar-refractivity contribution in [3.63, 3.8) is 0 Å². The van der Waals surface area contributed by atoms with Gasteiger partial charge in [-0.2, -0.15) is 13.2 Å². The molecule has 1 fully saturated rings. The van der Waals surface area contributed by atoms with Crippen LogP contribution < -0.4 is 5.32 Å². The van der Waals surface area contributed by atoms with Crippen LogP contribution in [0.5, 0.6) is 0 Å². The standard InChI is InChI=1S/C21H21F3INO/c22-21(23,24)17-11-6-4-8-14(17)15-9-2-1-3-13-19(15)26-20(27)16-10-5-7-12-18(16)25/h4-8,10-12,15,19H,1-3,9,13H2,(H,26,27)/t15-,19+/m0/s1. The molecular weight excluding hydrogens is 466 g/mol. The highest BCUT2D eigenvalue weighted by Crippen LogP contribution is 2.40. The van der Waals surface area contributed by atoms with Crippen molar-refractivity contribution in [3.8, 4) is 0 Å². The molecule has 3 rings (SSSR count). The van der Waals surface area contributed by atoms with E-state index in [9.17, 15) is 18.0 Å². The molecule has 6 heteroatoms. The Kier molecular flexibility index (Phi) is 6.44. The molecule has 1 N–H and O–H groups in total. The minimum absolute atomic E-state index is 0.221. The summed E-state index contributed by atoms with van der Waals surface area (Å²) in [5.41, 5.74) is 0.260. The monoisotopic (exact) mass is 487 g/mol. The number of halogens is 4. The Morgan fingerprint density at radius 1 is 0.963 bits per heavy atom. The first-order valence-electron chi connectivity index (χ1n) is 9.09. The third kappa shape index (κ3) is 4.83. The number of hydrogen-bond donors (Lipinski definition) is 1. The van der Waals surface area contributed by atoms with Crippen molar-refractivity contribution < 1.29 is 18.0 Å². The summed E-state index contributed by atoms with van der Waals surface area (Å²) < 4.78 is 41.4. The number of benzene rings is 2. The maximum Gasteiger partial charge on any atom is 0.416 e. The third-order valence-electron chi connectivity index (χ3n) is 5.12. The highest BCUT2D eigenvalue weighted by atomic mass is 127. The fourth-order valence-electron chi connectivity index (χ4n) is 3.82. The molecule has 27 heavy (non-hydrogen) atoms. The second-order valence-electron chi connectivity index (χ2n) is 6.89. The molecular formula is C21H21F3INO. The van der Waals surface area contributed by atoms with Gasteiger partial charge in [0.2, 0.25) is 0 Å². The predicted molar refractivity (Wildman–Crippen MR) is 108 cm³/mol. The van der Waals surface area contributed by atoms with Gasteiger partial charge >= 0.3 is 6.18 Å². The fourth-order valence-corrected chi connectivity index (χ4v) is 4.45. The van der Waals surface area contributed by atoms with Gasteiger partial charge in [0.05, 0.1) is 11.1 Å². The molecule has 0 saturated heterocycles. The zero-order valence-corrected chi connectivity index (χ0v) is 16.9. The van der Waals surface area contributed by atoms with Gasteiger partial charge in [-0.3, -0.25) is 4.79 Å². The van der Waals surface area contributed by atoms with Gasteiger partial charge < -0.3 is 5.32 Å². The van der Waals surface area contributed by atoms with Crippen molar-refractivity contribution in [1.29, 1.82) is 0 Å². The summed E-state index contributed by atoms with van der Waals surface area (Å²) in [7, 11) is 0. The quantitative estimate of drug-likeness (QED) is 0.408. The highest BCUT2D eigenvalue weighted by molar-refractivity contribution is 14.1. The van der Waals surface area contributed by atoms with Crippen LogP contribution in [0, 0.1) is 3.57 Å². The Balaban J connectivity index is 1.92. The number of amides is 1. The number of carbonyl (C=O) groups excluding carboxylic acids is 1. The minimum atomic E-state index is -4.40. The Bertz CT molecular complexity index is 806. The SMILES string of the molecule is O=C(N[C@@H]1CCCCC[C@H]1c1ccccc1C(F)(F)F)c1ccccc1I. The topological polar surface area (TPSA) is 29.1 Å². The van der Waals surface area contributed by atoms with E-state index in [1.54, 1.807) is 24.3 Å². The number of nitrogens with one attached hydrogen (secondary N) is 1. The van der Waals surface area contributed by atoms with Gasteiger partial charge in [-0.05, 0) is 59.2 Å². The molecule has 0 heterocycles. The van der Waals surface area contributed by atoms with Gasteiger partial charge in [0, 0.05) is 15.5 Å². The molecule has 2 nitrogen and oxygen atoms in total. The first-order chi connectivity index (χ1) is 12.9. The van der Waals surface area contributed by atoms with Crippen LogP contribution >= 0.6 is 22.6 Å². The van der Waals surface area contributed by atoms with Crippen LogP contribution in [0.15, 0.2) is 48.5 Å². The van der Waals surface area contributed by atoms with Gasteiger partial charge in [-0.1, -0.05) is 49.6 Å². The van der Waals surface area contributed by atoms with E-state index in [1.165, 1.54) is 6.07 Å². The van der Waals surface area contributed by atoms with Crippen molar-refractivity contribution in [3.05, 3.63) is 68.8 Å². The molecule has 1 amide bonds. The molecule has 1 aliphatic rings. The lowest BCUT2D eigenvalue weighted by molar-refractivity contribution is -0.138. The summed E-state index contributed by atoms with van der Waals surface area (Å²) in [6.07, 6.45) is -0.324. The summed E-state index contributed by atoms with van der Waals surface area (Å²) in [4.78, 5) is 12.8. The van der Waals surface area contributed by atoms with Crippen LogP contribution in [0.25, 0.3) is 0 Å². The lowest BCUT2D eigenvalue weighted by atomic mass is 9.84. The van der Waals surface area contributed by atoms with Crippen molar-refractivity contribution in [2.45, 2.75) is 50.2 Å². The normalized spacial score (nSPS) is 20.7. The molecule has 0 aliphatic heterocycles. The first-order valence-corrected chi connectivity index (χ1v) is 10.2. The molecule has 2 aromatic rings. The molecule has 0 spiro atoms. The summed E-state index contributed by atoms with van der Waals surface area (Å²) in [6.45, 7) is 0. The van der Waals surface area contributed by atoms with Gasteiger partial charge in [-0.15, -0.1) is 0 Å². The van der Waals surface area contributed by atoms with E-state index in [4.69, 9.17) is 0 Å². The second-order valence-corrected chi connectivity index (χ2v) is 8.05. The first kappa shape index (κ1) is 20.2. The number of alkyl halides is 3. The lowest BCUT2D eigenvalue weighted by Crippen LogP contribution is -2.39. The van der Waals surface area contributed by atoms with E-state index in [1.807, 2.05) is 12.1 Å². The Morgan fingerprint density at radius 3 is 2.37 bits per heavy atom. The zero-order chi connectivity index (χ0) is 19.4. The van der Waals surface area contributed by atoms with E-state index in [2.05, 4.69) is 27.9 Å². The number of hydrogen-bond acceptors (Lipinski definition) is 1. The zero-order valence-electron chi connectivity index (χ0n) is 14.7. The molecule has 2 aromatic carbocycles. The van der Waals surface area contributed by atoms with Gasteiger partial charge in [-0.25, -0.2) is 0 Å². The predicted octanol–water partition coefficient (Wildman–Crippen LogP) is 6.16. The summed E-state index contributed by atoms with van der Waals surface area (Å²) in [5.74, 6) is -0.558. The van der Waals surface area contributed by atoms with Crippen molar-refractivity contribution in [2.24, 2.45) is 0 Å². The molecule has 1 saturated carbocycles. The molecule has 144 valence electrons. The Hall–Kier alpha value is -1.57. The van der Waals surface area contributed by atoms with Crippen LogP contribution in [0.2, 0.25) is 0 Å². The van der Waals surface area contributed by atoms with Crippen LogP contribution in [0.4, 0.5) is 13.2 Å². The molecule has 2 atom stereocenters. The summed E-state index contributed by atoms with van der Waals surface area (Å²) in [5, 5.41) is 3.03. The van der Waals surface area contributed by atoms with Crippen molar-refractivity contribution >= 4 is 28.5 Å². The van der Waals surface area contributed by atoms with Gasteiger partial charge in [0.15, 0.2) is 0 Å². The fraction of sp³-hybridized carbons (Fsp3) is 0.381. The Labute approximate surface area is 170 Å². The summed E-state index contributed by atoms with van der Waals surface area (Å²) in [6, 6.07) is 12.7. The van der Waals surface area contributed by atoms with Crippen LogP contribution in [0.1, 0.15) is 59.5 Å². The molecule has 1 aliphatic carbocycles. The van der Waals surface area contributed by atoms with E-state index >= 15 is 0 Å². The molecule has 0 bridgehead atoms. The largest absolute Gasteiger partial charge is 0.416 e. The highest BCUT2D eigenvalue weighted by Gasteiger charge is 2.37. The number of carbonyl (C=O) groups is 1. The van der Waals surface area contributed by atoms with Crippen molar-refractivity contribution in [2.75, 3.05) is 0 Å². The van der Waals surface area contributed by atoms with E-state index in [0.717, 1.165) is 28.9 Å². The maximum absolute atomic E-state index is 13.5. The lowest BCUT2D eigenvalue weighted by Gasteiger charge is -2.29. The molecule has 0 unspecified atom stereocenters. The van der Waals surface area contributed by atoms with E-state index in [0.29, 0.717) is 24.0 Å². The van der Waals surface area contributed by atoms with Crippen LogP contribution in [-0.2, 0) is 6.18 Å². The molecule has 0 radical (unpaired) electrons. The average molecular weight is 487 g/mol. The maximum atomic E-state index is 13.5. The van der Waals surface area contributed by atoms with Crippen molar-refractivity contribution in [1.82, 2.24) is 5.32 Å². The Morgan fingerprint density at radius 2 is 1.63 bits per heavy atom. The number of rotatable bonds is 3. The van der Waals surface area contributed by atoms with Gasteiger partial charge in [0.1, 0.15) is 0 Å². The second kappa shape index (κ2) is 8.63. The van der Waals surface area contributed by atoms with E-state index < -0.39 is 11.7 Å². The minimum Gasteiger partial charge on any atom is -0.349 e. The molecule has 0 aromatic heterocycles.